The van der Waals surface area contributed by atoms with Crippen molar-refractivity contribution in [2.45, 2.75) is 32.4 Å². The predicted octanol–water partition coefficient (Wildman–Crippen LogP) is 1.11. The van der Waals surface area contributed by atoms with Crippen molar-refractivity contribution in [2.75, 3.05) is 5.32 Å². The molecular formula is C23H24N4O5. The van der Waals surface area contributed by atoms with E-state index < -0.39 is 29.1 Å². The normalized spacial score (nSPS) is 20.6. The molecule has 2 aromatic carbocycles. The third kappa shape index (κ3) is 3.89. The zero-order chi connectivity index (χ0) is 23.0. The van der Waals surface area contributed by atoms with Gasteiger partial charge in [-0.15, -0.1) is 0 Å². The number of rotatable bonds is 2. The molecule has 0 spiro atoms. The molecule has 2 amide bonds. The van der Waals surface area contributed by atoms with Crippen LogP contribution in [0.25, 0.3) is 10.9 Å². The van der Waals surface area contributed by atoms with Crippen molar-refractivity contribution in [2.24, 2.45) is 5.92 Å². The van der Waals surface area contributed by atoms with Crippen LogP contribution in [0.3, 0.4) is 0 Å². The van der Waals surface area contributed by atoms with Crippen LogP contribution in [0.15, 0.2) is 54.7 Å². The van der Waals surface area contributed by atoms with Crippen molar-refractivity contribution in [3.63, 3.8) is 0 Å². The minimum Gasteiger partial charge on any atom is -0.599 e. The molecule has 0 saturated carbocycles. The molecule has 166 valence electrons. The number of carbonyl (C=O) groups is 3. The summed E-state index contributed by atoms with van der Waals surface area (Å²) in [5.74, 6) is -1.94. The minimum atomic E-state index is -1.42. The molecule has 1 aliphatic heterocycles. The molecule has 2 heterocycles. The van der Waals surface area contributed by atoms with Crippen molar-refractivity contribution >= 4 is 34.3 Å². The summed E-state index contributed by atoms with van der Waals surface area (Å²) in [5, 5.41) is 26.5. The van der Waals surface area contributed by atoms with E-state index in [4.69, 9.17) is 0 Å². The third-order valence-electron chi connectivity index (χ3n) is 5.71. The second-order valence-electron chi connectivity index (χ2n) is 8.21. The molecule has 32 heavy (non-hydrogen) atoms. The molecule has 4 rings (SSSR count). The average molecular weight is 436 g/mol. The van der Waals surface area contributed by atoms with Gasteiger partial charge in [-0.05, 0) is 29.7 Å². The number of hydrogen-bond donors (Lipinski definition) is 4. The van der Waals surface area contributed by atoms with Crippen LogP contribution in [0.2, 0.25) is 0 Å². The lowest BCUT2D eigenvalue weighted by molar-refractivity contribution is -1.06. The van der Waals surface area contributed by atoms with E-state index in [0.717, 1.165) is 0 Å². The highest BCUT2D eigenvalue weighted by Gasteiger charge is 2.33. The fraction of sp³-hybridized carbons (Fsp3) is 0.261. The Morgan fingerprint density at radius 3 is 2.47 bits per heavy atom. The number of para-hydroxylation sites is 2. The van der Waals surface area contributed by atoms with Crippen LogP contribution in [-0.2, 0) is 16.0 Å². The Kier molecular flexibility index (Phi) is 5.79. The second kappa shape index (κ2) is 8.54. The molecule has 1 aromatic heterocycles. The van der Waals surface area contributed by atoms with Gasteiger partial charge in [0, 0.05) is 18.0 Å². The highest BCUT2D eigenvalue weighted by atomic mass is 16.8. The first-order chi connectivity index (χ1) is 15.3. The Hall–Kier alpha value is -3.53. The van der Waals surface area contributed by atoms with E-state index in [-0.39, 0.29) is 23.8 Å². The topological polar surface area (TPSA) is 128 Å². The van der Waals surface area contributed by atoms with Crippen molar-refractivity contribution in [3.8, 4) is 0 Å². The number of hydroxylamine groups is 2. The van der Waals surface area contributed by atoms with E-state index in [0.29, 0.717) is 22.2 Å². The van der Waals surface area contributed by atoms with Crippen LogP contribution in [-0.4, -0.2) is 39.6 Å². The van der Waals surface area contributed by atoms with Gasteiger partial charge in [0.1, 0.15) is 6.04 Å². The van der Waals surface area contributed by atoms with Crippen LogP contribution < -0.4 is 15.9 Å². The molecule has 1 aliphatic rings. The number of anilines is 1. The molecule has 3 unspecified atom stereocenters. The number of fused-ring (bicyclic) bond motifs is 6. The van der Waals surface area contributed by atoms with Crippen molar-refractivity contribution in [3.05, 3.63) is 71.1 Å². The van der Waals surface area contributed by atoms with Crippen molar-refractivity contribution in [1.82, 2.24) is 9.88 Å². The number of nitrogens with zero attached hydrogens (tertiary/aromatic N) is 1. The highest BCUT2D eigenvalue weighted by Crippen LogP contribution is 2.26. The second-order valence-corrected chi connectivity index (χ2v) is 8.21. The van der Waals surface area contributed by atoms with Gasteiger partial charge in [0.25, 0.3) is 11.8 Å². The number of hydrogen-bond acceptors (Lipinski definition) is 5. The Labute approximate surface area is 184 Å². The summed E-state index contributed by atoms with van der Waals surface area (Å²) in [6, 6.07) is 11.4. The highest BCUT2D eigenvalue weighted by molar-refractivity contribution is 6.09. The van der Waals surface area contributed by atoms with E-state index in [1.54, 1.807) is 68.6 Å². The fourth-order valence-corrected chi connectivity index (χ4v) is 4.00. The van der Waals surface area contributed by atoms with Crippen LogP contribution >= 0.6 is 0 Å². The van der Waals surface area contributed by atoms with Gasteiger partial charge in [-0.2, -0.15) is 0 Å². The van der Waals surface area contributed by atoms with Crippen molar-refractivity contribution in [1.29, 1.82) is 0 Å². The summed E-state index contributed by atoms with van der Waals surface area (Å²) in [6.45, 7) is 3.50. The number of amides is 2. The summed E-state index contributed by atoms with van der Waals surface area (Å²) in [7, 11) is 0. The van der Waals surface area contributed by atoms with Crippen LogP contribution in [0, 0.1) is 11.1 Å². The SMILES string of the molecule is CC(C)C1NC(=O)C([NH+]([O-])O)Cc2cn(c3ccccc23)C(=O)c2ccccc2NC1=O. The van der Waals surface area contributed by atoms with Crippen LogP contribution in [0.5, 0.6) is 0 Å². The van der Waals surface area contributed by atoms with Gasteiger partial charge >= 0.3 is 0 Å². The minimum absolute atomic E-state index is 0.115. The van der Waals surface area contributed by atoms with Crippen molar-refractivity contribution < 1.29 is 24.8 Å². The van der Waals surface area contributed by atoms with Crippen LogP contribution in [0.4, 0.5) is 5.69 Å². The summed E-state index contributed by atoms with van der Waals surface area (Å²) in [4.78, 5) is 39.4. The first-order valence-electron chi connectivity index (χ1n) is 10.3. The fourth-order valence-electron chi connectivity index (χ4n) is 4.00. The van der Waals surface area contributed by atoms with Gasteiger partial charge in [0.15, 0.2) is 6.04 Å². The van der Waals surface area contributed by atoms with Gasteiger partial charge < -0.3 is 15.8 Å². The average Bonchev–Trinajstić information content (AvgIpc) is 3.13. The summed E-state index contributed by atoms with van der Waals surface area (Å²) in [6.07, 6.45) is 1.46. The Morgan fingerprint density at radius 1 is 1.06 bits per heavy atom. The molecule has 3 aromatic rings. The number of benzene rings is 2. The Balaban J connectivity index is 1.93. The monoisotopic (exact) mass is 436 g/mol. The molecule has 0 radical (unpaired) electrons. The summed E-state index contributed by atoms with van der Waals surface area (Å²) >= 11 is 0. The molecule has 4 N–H and O–H groups in total. The molecule has 2 bridgehead atoms. The van der Waals surface area contributed by atoms with Crippen LogP contribution in [0.1, 0.15) is 29.8 Å². The molecule has 0 saturated heterocycles. The lowest BCUT2D eigenvalue weighted by Gasteiger charge is -2.27. The quantitative estimate of drug-likeness (QED) is 0.448. The maximum atomic E-state index is 13.5. The number of quaternary nitrogens is 1. The standard InChI is InChI=1S/C23H24N4O5/c1-13(2)20-22(29)24-17-9-5-3-8-16(17)23(30)26-12-14(15-7-4-6-10-18(15)26)11-19(27(31)32)21(28)25-20/h3-10,12-13,19-20,27,31H,11H2,1-2H3,(H,24,29)(H,25,28). The molecule has 9 nitrogen and oxygen atoms in total. The first-order valence-corrected chi connectivity index (χ1v) is 10.3. The number of aromatic nitrogens is 1. The smallest absolute Gasteiger partial charge is 0.282 e. The van der Waals surface area contributed by atoms with E-state index in [1.165, 1.54) is 4.57 Å². The van der Waals surface area contributed by atoms with Gasteiger partial charge in [0.2, 0.25) is 5.91 Å². The third-order valence-corrected chi connectivity index (χ3v) is 5.71. The lowest BCUT2D eigenvalue weighted by Crippen LogP contribution is -3.11. The zero-order valence-electron chi connectivity index (χ0n) is 17.7. The molecule has 0 fully saturated rings. The largest absolute Gasteiger partial charge is 0.599 e. The maximum absolute atomic E-state index is 13.5. The van der Waals surface area contributed by atoms with Gasteiger partial charge in [-0.3, -0.25) is 19.0 Å². The van der Waals surface area contributed by atoms with Gasteiger partial charge in [-0.25, -0.2) is 10.4 Å². The summed E-state index contributed by atoms with van der Waals surface area (Å²) in [5.41, 5.74) is 1.76. The van der Waals surface area contributed by atoms with E-state index in [1.807, 2.05) is 0 Å². The molecule has 0 aliphatic carbocycles. The van der Waals surface area contributed by atoms with Gasteiger partial charge in [-0.1, -0.05) is 44.2 Å². The molecule has 9 heteroatoms. The summed E-state index contributed by atoms with van der Waals surface area (Å²) < 4.78 is 1.43. The number of carbonyl (C=O) groups excluding carboxylic acids is 3. The molecule has 3 atom stereocenters. The zero-order valence-corrected chi connectivity index (χ0v) is 17.7. The van der Waals surface area contributed by atoms with E-state index in [9.17, 15) is 24.8 Å². The Morgan fingerprint density at radius 2 is 1.75 bits per heavy atom. The Bertz CT molecular complexity index is 1200. The van der Waals surface area contributed by atoms with E-state index in [2.05, 4.69) is 10.6 Å². The van der Waals surface area contributed by atoms with E-state index >= 15 is 0 Å². The number of nitrogens with one attached hydrogen (secondary N) is 3. The molecular weight excluding hydrogens is 412 g/mol. The lowest BCUT2D eigenvalue weighted by atomic mass is 10.0. The maximum Gasteiger partial charge on any atom is 0.282 e. The predicted molar refractivity (Wildman–Crippen MR) is 117 cm³/mol. The van der Waals surface area contributed by atoms with Gasteiger partial charge in [0.05, 0.1) is 16.8 Å². The first kappa shape index (κ1) is 21.7.